The maximum atomic E-state index is 13.9. The molecule has 0 saturated heterocycles. The van der Waals surface area contributed by atoms with Gasteiger partial charge in [0.05, 0.1) is 7.05 Å². The molecule has 1 aromatic heterocycles. The number of aromatic nitrogens is 2. The molecule has 2 aromatic rings. The zero-order valence-corrected chi connectivity index (χ0v) is 17.1. The van der Waals surface area contributed by atoms with E-state index >= 15 is 0 Å². The lowest BCUT2D eigenvalue weighted by molar-refractivity contribution is -0.885. The van der Waals surface area contributed by atoms with Gasteiger partial charge in [-0.3, -0.25) is 24.0 Å². The van der Waals surface area contributed by atoms with E-state index in [0.717, 1.165) is 11.3 Å². The van der Waals surface area contributed by atoms with Crippen molar-refractivity contribution in [3.8, 4) is 0 Å². The summed E-state index contributed by atoms with van der Waals surface area (Å²) in [5.74, 6) is -0.677. The Morgan fingerprint density at radius 1 is 1.28 bits per heavy atom. The zero-order valence-electron chi connectivity index (χ0n) is 17.1. The number of H-pyrrole nitrogens is 1. The maximum absolute atomic E-state index is 13.9. The number of rotatable bonds is 9. The third-order valence-electron chi connectivity index (χ3n) is 4.74. The average molecular weight is 406 g/mol. The maximum Gasteiger partial charge on any atom is 0.330 e. The van der Waals surface area contributed by atoms with Crippen LogP contribution in [0.25, 0.3) is 0 Å². The Bertz CT molecular complexity index is 969. The molecule has 1 aromatic carbocycles. The van der Waals surface area contributed by atoms with Crippen LogP contribution in [0.2, 0.25) is 0 Å². The first-order chi connectivity index (χ1) is 13.8. The second kappa shape index (κ2) is 10.0. The van der Waals surface area contributed by atoms with E-state index in [1.54, 1.807) is 32.2 Å². The molecular formula is C20H29FN5O3+. The van der Waals surface area contributed by atoms with Crippen LogP contribution in [-0.2, 0) is 17.9 Å². The van der Waals surface area contributed by atoms with Gasteiger partial charge >= 0.3 is 5.69 Å². The highest BCUT2D eigenvalue weighted by Gasteiger charge is 2.25. The number of quaternary nitrogens is 1. The van der Waals surface area contributed by atoms with Crippen LogP contribution < -0.4 is 26.8 Å². The summed E-state index contributed by atoms with van der Waals surface area (Å²) in [4.78, 5) is 41.7. The highest BCUT2D eigenvalue weighted by atomic mass is 19.1. The van der Waals surface area contributed by atoms with Gasteiger partial charge in [0.15, 0.2) is 12.2 Å². The van der Waals surface area contributed by atoms with Gasteiger partial charge in [-0.2, -0.15) is 0 Å². The summed E-state index contributed by atoms with van der Waals surface area (Å²) in [5, 5.41) is 0. The van der Waals surface area contributed by atoms with E-state index in [9.17, 15) is 18.8 Å². The Labute approximate surface area is 168 Å². The minimum absolute atomic E-state index is 0.0193. The average Bonchev–Trinajstić information content (AvgIpc) is 2.66. The fourth-order valence-corrected chi connectivity index (χ4v) is 3.22. The summed E-state index contributed by atoms with van der Waals surface area (Å²) in [6.45, 7) is 4.63. The summed E-state index contributed by atoms with van der Waals surface area (Å²) in [7, 11) is 1.77. The van der Waals surface area contributed by atoms with Gasteiger partial charge in [-0.05, 0) is 19.4 Å². The zero-order chi connectivity index (χ0) is 21.6. The Morgan fingerprint density at radius 2 is 1.97 bits per heavy atom. The number of aromatic amines is 1. The van der Waals surface area contributed by atoms with Gasteiger partial charge in [-0.1, -0.05) is 31.5 Å². The molecule has 1 atom stereocenters. The molecule has 29 heavy (non-hydrogen) atoms. The van der Waals surface area contributed by atoms with Crippen LogP contribution in [0.15, 0.2) is 33.9 Å². The number of nitrogen functional groups attached to an aromatic ring is 1. The number of likely N-dealkylation sites (N-methyl/N-ethyl adjacent to an activating group) is 2. The molecule has 158 valence electrons. The molecule has 4 N–H and O–H groups in total. The summed E-state index contributed by atoms with van der Waals surface area (Å²) in [6.07, 6.45) is 1.56. The highest BCUT2D eigenvalue weighted by Crippen LogP contribution is 2.16. The minimum atomic E-state index is -0.692. The van der Waals surface area contributed by atoms with Crippen LogP contribution >= 0.6 is 0 Å². The number of benzene rings is 1. The van der Waals surface area contributed by atoms with Crippen molar-refractivity contribution in [1.29, 1.82) is 0 Å². The molecule has 0 saturated carbocycles. The van der Waals surface area contributed by atoms with Crippen LogP contribution in [0.5, 0.6) is 0 Å². The number of anilines is 2. The lowest BCUT2D eigenvalue weighted by Gasteiger charge is -2.24. The second-order valence-electron chi connectivity index (χ2n) is 7.04. The molecule has 0 aliphatic carbocycles. The normalized spacial score (nSPS) is 12.0. The number of unbranched alkanes of at least 4 members (excludes halogenated alkanes) is 1. The Balaban J connectivity index is 2.26. The number of amides is 1. The topological polar surface area (TPSA) is 106 Å². The van der Waals surface area contributed by atoms with Gasteiger partial charge in [-0.15, -0.1) is 0 Å². The van der Waals surface area contributed by atoms with E-state index in [4.69, 9.17) is 5.73 Å². The molecular weight excluding hydrogens is 377 g/mol. The SMILES string of the molecule is CCCCn1c(N)c(N(CC)C(=O)C[NH+](C)Cc2ccccc2F)c(=O)[nH]c1=O. The van der Waals surface area contributed by atoms with Crippen molar-refractivity contribution in [1.82, 2.24) is 9.55 Å². The molecule has 0 spiro atoms. The molecule has 0 radical (unpaired) electrons. The lowest BCUT2D eigenvalue weighted by Crippen LogP contribution is -3.09. The van der Waals surface area contributed by atoms with Crippen molar-refractivity contribution in [3.05, 3.63) is 56.5 Å². The number of nitrogens with two attached hydrogens (primary N) is 1. The van der Waals surface area contributed by atoms with Crippen molar-refractivity contribution in [2.24, 2.45) is 0 Å². The molecule has 1 heterocycles. The van der Waals surface area contributed by atoms with Crippen LogP contribution in [0.3, 0.4) is 0 Å². The molecule has 2 rings (SSSR count). The van der Waals surface area contributed by atoms with E-state index in [0.29, 0.717) is 25.1 Å². The van der Waals surface area contributed by atoms with Crippen LogP contribution in [0.1, 0.15) is 32.3 Å². The highest BCUT2D eigenvalue weighted by molar-refractivity contribution is 5.96. The Kier molecular flexibility index (Phi) is 7.72. The summed E-state index contributed by atoms with van der Waals surface area (Å²) < 4.78 is 15.1. The van der Waals surface area contributed by atoms with E-state index in [1.807, 2.05) is 6.92 Å². The predicted molar refractivity (Wildman–Crippen MR) is 111 cm³/mol. The van der Waals surface area contributed by atoms with Gasteiger partial charge in [0, 0.05) is 18.7 Å². The van der Waals surface area contributed by atoms with Gasteiger partial charge < -0.3 is 10.6 Å². The first-order valence-electron chi connectivity index (χ1n) is 9.77. The molecule has 0 fully saturated rings. The van der Waals surface area contributed by atoms with E-state index in [1.165, 1.54) is 15.5 Å². The molecule has 8 nitrogen and oxygen atoms in total. The third kappa shape index (κ3) is 5.32. The van der Waals surface area contributed by atoms with E-state index in [2.05, 4.69) is 4.98 Å². The number of nitrogens with zero attached hydrogens (tertiary/aromatic N) is 2. The third-order valence-corrected chi connectivity index (χ3v) is 4.74. The number of carbonyl (C=O) groups is 1. The Morgan fingerprint density at radius 3 is 2.59 bits per heavy atom. The molecule has 0 bridgehead atoms. The largest absolute Gasteiger partial charge is 0.383 e. The monoisotopic (exact) mass is 406 g/mol. The van der Waals surface area contributed by atoms with E-state index in [-0.39, 0.29) is 36.3 Å². The van der Waals surface area contributed by atoms with Crippen molar-refractivity contribution in [2.75, 3.05) is 30.8 Å². The minimum Gasteiger partial charge on any atom is -0.383 e. The van der Waals surface area contributed by atoms with Crippen molar-refractivity contribution < 1.29 is 14.1 Å². The van der Waals surface area contributed by atoms with Crippen LogP contribution in [0, 0.1) is 5.82 Å². The van der Waals surface area contributed by atoms with Crippen molar-refractivity contribution in [2.45, 2.75) is 39.8 Å². The van der Waals surface area contributed by atoms with Crippen LogP contribution in [0.4, 0.5) is 15.9 Å². The second-order valence-corrected chi connectivity index (χ2v) is 7.04. The van der Waals surface area contributed by atoms with E-state index < -0.39 is 11.2 Å². The molecule has 1 unspecified atom stereocenters. The standard InChI is InChI=1S/C20H28FN5O3/c1-4-6-11-26-18(22)17(19(28)23-20(26)29)25(5-2)16(27)13-24(3)12-14-9-7-8-10-15(14)21/h7-10H,4-6,11-13,22H2,1-3H3,(H,23,28,29)/p+1. The van der Waals surface area contributed by atoms with Crippen LogP contribution in [-0.4, -0.2) is 35.6 Å². The van der Waals surface area contributed by atoms with Gasteiger partial charge in [0.2, 0.25) is 0 Å². The van der Waals surface area contributed by atoms with Crippen molar-refractivity contribution in [3.63, 3.8) is 0 Å². The summed E-state index contributed by atoms with van der Waals surface area (Å²) in [5.41, 5.74) is 5.31. The van der Waals surface area contributed by atoms with Crippen molar-refractivity contribution >= 4 is 17.4 Å². The summed E-state index contributed by atoms with van der Waals surface area (Å²) >= 11 is 0. The van der Waals surface area contributed by atoms with Gasteiger partial charge in [0.25, 0.3) is 11.5 Å². The lowest BCUT2D eigenvalue weighted by atomic mass is 10.2. The number of hydrogen-bond donors (Lipinski definition) is 3. The first-order valence-corrected chi connectivity index (χ1v) is 9.77. The van der Waals surface area contributed by atoms with Gasteiger partial charge in [-0.25, -0.2) is 9.18 Å². The first kappa shape index (κ1) is 22.4. The Hall–Kier alpha value is -2.94. The molecule has 0 aliphatic heterocycles. The quantitative estimate of drug-likeness (QED) is 0.550. The number of hydrogen-bond acceptors (Lipinski definition) is 4. The summed E-state index contributed by atoms with van der Waals surface area (Å²) in [6, 6.07) is 6.40. The predicted octanol–water partition coefficient (Wildman–Crippen LogP) is 0.126. The number of carbonyl (C=O) groups excluding carboxylic acids is 1. The fourth-order valence-electron chi connectivity index (χ4n) is 3.22. The number of nitrogens with one attached hydrogen (secondary N) is 2. The smallest absolute Gasteiger partial charge is 0.330 e. The van der Waals surface area contributed by atoms with Gasteiger partial charge in [0.1, 0.15) is 18.2 Å². The molecule has 0 aliphatic rings. The molecule has 9 heteroatoms. The fraction of sp³-hybridized carbons (Fsp3) is 0.450. The number of halogens is 1. The molecule has 1 amide bonds.